The molecule has 0 aromatic heterocycles. The number of hydrogen-bond acceptors (Lipinski definition) is 4. The molecule has 0 aromatic carbocycles. The van der Waals surface area contributed by atoms with Crippen LogP contribution < -0.4 is 0 Å². The first-order valence-electron chi connectivity index (χ1n) is 7.08. The molecule has 1 saturated heterocycles. The predicted molar refractivity (Wildman–Crippen MR) is 73.8 cm³/mol. The molecule has 0 unspecified atom stereocenters. The standard InChI is InChI=1S/C14H25BO4/c1-12(2)13(3,4)19-15(18-12)10-8-7-9-14(10,5)11(16)17-6/h10H,7-9H2,1-6H3/t10-,14+/m1/s1. The largest absolute Gasteiger partial charge is 0.469 e. The molecular weight excluding hydrogens is 243 g/mol. The molecule has 5 heteroatoms. The fourth-order valence-corrected chi connectivity index (χ4v) is 3.17. The molecule has 0 spiro atoms. The van der Waals surface area contributed by atoms with Crippen LogP contribution in [0.1, 0.15) is 53.9 Å². The molecular formula is C14H25BO4. The smallest absolute Gasteiger partial charge is 0.462 e. The molecule has 1 aliphatic heterocycles. The third-order valence-corrected chi connectivity index (χ3v) is 5.28. The van der Waals surface area contributed by atoms with Crippen LogP contribution in [-0.2, 0) is 18.8 Å². The monoisotopic (exact) mass is 268 g/mol. The Bertz CT molecular complexity index is 364. The SMILES string of the molecule is COC(=O)[C@@]1(C)CCC[C@H]1B1OC(C)(C)C(C)(C)O1. The molecule has 4 nitrogen and oxygen atoms in total. The second-order valence-corrected chi connectivity index (χ2v) is 7.03. The first-order valence-corrected chi connectivity index (χ1v) is 7.08. The van der Waals surface area contributed by atoms with Gasteiger partial charge in [-0.25, -0.2) is 0 Å². The summed E-state index contributed by atoms with van der Waals surface area (Å²) in [5.41, 5.74) is -1.19. The average molecular weight is 268 g/mol. The molecule has 2 aliphatic rings. The van der Waals surface area contributed by atoms with E-state index in [-0.39, 0.29) is 30.1 Å². The molecule has 2 fully saturated rings. The Kier molecular flexibility index (Phi) is 3.51. The van der Waals surface area contributed by atoms with Gasteiger partial charge in [0, 0.05) is 5.82 Å². The third kappa shape index (κ3) is 2.21. The van der Waals surface area contributed by atoms with Gasteiger partial charge < -0.3 is 14.0 Å². The summed E-state index contributed by atoms with van der Waals surface area (Å²) >= 11 is 0. The van der Waals surface area contributed by atoms with Crippen molar-refractivity contribution < 1.29 is 18.8 Å². The number of carbonyl (C=O) groups excluding carboxylic acids is 1. The molecule has 1 saturated carbocycles. The van der Waals surface area contributed by atoms with Gasteiger partial charge in [0.1, 0.15) is 0 Å². The van der Waals surface area contributed by atoms with Gasteiger partial charge in [-0.2, -0.15) is 0 Å². The Labute approximate surface area is 116 Å². The molecule has 0 radical (unpaired) electrons. The molecule has 0 bridgehead atoms. The highest BCUT2D eigenvalue weighted by Crippen LogP contribution is 2.53. The number of ether oxygens (including phenoxy) is 1. The number of methoxy groups -OCH3 is 1. The number of hydrogen-bond donors (Lipinski definition) is 0. The van der Waals surface area contributed by atoms with Crippen molar-refractivity contribution in [3.63, 3.8) is 0 Å². The maximum atomic E-state index is 12.1. The van der Waals surface area contributed by atoms with Gasteiger partial charge in [-0.15, -0.1) is 0 Å². The van der Waals surface area contributed by atoms with Crippen LogP contribution in [0.15, 0.2) is 0 Å². The zero-order chi connectivity index (χ0) is 14.5. The molecule has 19 heavy (non-hydrogen) atoms. The van der Waals surface area contributed by atoms with E-state index >= 15 is 0 Å². The quantitative estimate of drug-likeness (QED) is 0.570. The zero-order valence-corrected chi connectivity index (χ0v) is 12.9. The molecule has 108 valence electrons. The van der Waals surface area contributed by atoms with Gasteiger partial charge in [-0.05, 0) is 41.0 Å². The molecule has 1 heterocycles. The van der Waals surface area contributed by atoms with Gasteiger partial charge in [-0.1, -0.05) is 12.8 Å². The van der Waals surface area contributed by atoms with Gasteiger partial charge >= 0.3 is 13.1 Å². The zero-order valence-electron chi connectivity index (χ0n) is 12.9. The fourth-order valence-electron chi connectivity index (χ4n) is 3.17. The van der Waals surface area contributed by atoms with Crippen molar-refractivity contribution in [2.24, 2.45) is 5.41 Å². The van der Waals surface area contributed by atoms with Crippen molar-refractivity contribution >= 4 is 13.1 Å². The molecule has 0 aromatic rings. The van der Waals surface area contributed by atoms with Gasteiger partial charge in [0.15, 0.2) is 0 Å². The summed E-state index contributed by atoms with van der Waals surface area (Å²) in [5.74, 6) is -0.0780. The fraction of sp³-hybridized carbons (Fsp3) is 0.929. The van der Waals surface area contributed by atoms with E-state index in [1.54, 1.807) is 0 Å². The molecule has 0 amide bonds. The highest BCUT2D eigenvalue weighted by Gasteiger charge is 2.60. The second kappa shape index (κ2) is 4.49. The van der Waals surface area contributed by atoms with Crippen LogP contribution in [-0.4, -0.2) is 31.4 Å². The van der Waals surface area contributed by atoms with E-state index in [0.29, 0.717) is 0 Å². The van der Waals surface area contributed by atoms with Crippen molar-refractivity contribution in [3.8, 4) is 0 Å². The van der Waals surface area contributed by atoms with E-state index in [4.69, 9.17) is 14.0 Å². The Morgan fingerprint density at radius 1 is 1.16 bits per heavy atom. The summed E-state index contributed by atoms with van der Waals surface area (Å²) in [7, 11) is 1.13. The lowest BCUT2D eigenvalue weighted by atomic mass is 9.59. The van der Waals surface area contributed by atoms with Crippen molar-refractivity contribution in [2.75, 3.05) is 7.11 Å². The summed E-state index contributed by atoms with van der Waals surface area (Å²) < 4.78 is 17.2. The highest BCUT2D eigenvalue weighted by molar-refractivity contribution is 6.48. The summed E-state index contributed by atoms with van der Waals surface area (Å²) in [6, 6.07) is 0. The number of rotatable bonds is 2. The van der Waals surface area contributed by atoms with Crippen molar-refractivity contribution in [2.45, 2.75) is 70.9 Å². The van der Waals surface area contributed by atoms with E-state index in [1.165, 1.54) is 7.11 Å². The lowest BCUT2D eigenvalue weighted by Crippen LogP contribution is -2.41. The van der Waals surface area contributed by atoms with Gasteiger partial charge in [0.05, 0.1) is 23.7 Å². The first-order chi connectivity index (χ1) is 8.64. The Morgan fingerprint density at radius 3 is 2.16 bits per heavy atom. The van der Waals surface area contributed by atoms with Crippen LogP contribution >= 0.6 is 0 Å². The maximum Gasteiger partial charge on any atom is 0.462 e. The minimum absolute atomic E-state index is 0.0704. The highest BCUT2D eigenvalue weighted by atomic mass is 16.7. The topological polar surface area (TPSA) is 44.8 Å². The van der Waals surface area contributed by atoms with Crippen molar-refractivity contribution in [1.29, 1.82) is 0 Å². The third-order valence-electron chi connectivity index (χ3n) is 5.28. The van der Waals surface area contributed by atoms with E-state index in [9.17, 15) is 4.79 Å². The van der Waals surface area contributed by atoms with Crippen molar-refractivity contribution in [3.05, 3.63) is 0 Å². The van der Waals surface area contributed by atoms with Crippen LogP contribution in [0.2, 0.25) is 5.82 Å². The number of esters is 1. The van der Waals surface area contributed by atoms with Crippen molar-refractivity contribution in [1.82, 2.24) is 0 Å². The first kappa shape index (κ1) is 14.9. The molecule has 0 N–H and O–H groups in total. The van der Waals surface area contributed by atoms with Gasteiger partial charge in [0.2, 0.25) is 0 Å². The Morgan fingerprint density at radius 2 is 1.68 bits per heavy atom. The Balaban J connectivity index is 2.22. The van der Waals surface area contributed by atoms with Crippen LogP contribution in [0.5, 0.6) is 0 Å². The van der Waals surface area contributed by atoms with Crippen LogP contribution in [0.4, 0.5) is 0 Å². The van der Waals surface area contributed by atoms with Crippen LogP contribution in [0.25, 0.3) is 0 Å². The normalized spacial score (nSPS) is 36.5. The van der Waals surface area contributed by atoms with E-state index < -0.39 is 5.41 Å². The van der Waals surface area contributed by atoms with E-state index in [2.05, 4.69) is 0 Å². The molecule has 2 rings (SSSR count). The lowest BCUT2D eigenvalue weighted by Gasteiger charge is -2.32. The van der Waals surface area contributed by atoms with E-state index in [0.717, 1.165) is 19.3 Å². The Hall–Kier alpha value is -0.545. The molecule has 2 atom stereocenters. The summed E-state index contributed by atoms with van der Waals surface area (Å²) in [6.07, 6.45) is 2.80. The average Bonchev–Trinajstić information content (AvgIpc) is 2.78. The summed E-state index contributed by atoms with van der Waals surface area (Å²) in [4.78, 5) is 12.1. The summed E-state index contributed by atoms with van der Waals surface area (Å²) in [6.45, 7) is 10.1. The second-order valence-electron chi connectivity index (χ2n) is 7.03. The lowest BCUT2D eigenvalue weighted by molar-refractivity contribution is -0.151. The molecule has 1 aliphatic carbocycles. The van der Waals surface area contributed by atoms with Gasteiger partial charge in [-0.3, -0.25) is 4.79 Å². The predicted octanol–water partition coefficient (Wildman–Crippen LogP) is 2.81. The van der Waals surface area contributed by atoms with E-state index in [1.807, 2.05) is 34.6 Å². The van der Waals surface area contributed by atoms with Gasteiger partial charge in [0.25, 0.3) is 0 Å². The van der Waals surface area contributed by atoms with Crippen LogP contribution in [0, 0.1) is 5.41 Å². The maximum absolute atomic E-state index is 12.1. The van der Waals surface area contributed by atoms with Crippen LogP contribution in [0.3, 0.4) is 0 Å². The number of carbonyl (C=O) groups is 1. The minimum Gasteiger partial charge on any atom is -0.469 e. The minimum atomic E-state index is -0.490. The summed E-state index contributed by atoms with van der Waals surface area (Å²) in [5, 5.41) is 0.